The maximum Gasteiger partial charge on any atom is 0.355 e. The number of aromatic nitrogens is 1. The van der Waals surface area contributed by atoms with Gasteiger partial charge in [-0.3, -0.25) is 4.79 Å². The lowest BCUT2D eigenvalue weighted by molar-refractivity contribution is -0.142. The number of cyclic esters (lactones) is 1. The summed E-state index contributed by atoms with van der Waals surface area (Å²) in [7, 11) is 0. The molecular weight excluding hydrogens is 454 g/mol. The average Bonchev–Trinajstić information content (AvgIpc) is 3.25. The number of esters is 1. The van der Waals surface area contributed by atoms with E-state index < -0.39 is 53.7 Å². The van der Waals surface area contributed by atoms with Gasteiger partial charge in [0.15, 0.2) is 16.9 Å². The van der Waals surface area contributed by atoms with Crippen molar-refractivity contribution in [3.63, 3.8) is 0 Å². The van der Waals surface area contributed by atoms with E-state index in [1.807, 2.05) is 0 Å². The van der Waals surface area contributed by atoms with E-state index >= 15 is 0 Å². The Morgan fingerprint density at radius 1 is 1.48 bits per heavy atom. The highest BCUT2D eigenvalue weighted by Gasteiger charge is 2.41. The number of anilines is 1. The number of thioether (sulfide) groups is 1. The van der Waals surface area contributed by atoms with Crippen LogP contribution in [-0.4, -0.2) is 74.6 Å². The van der Waals surface area contributed by atoms with Crippen LogP contribution in [0.15, 0.2) is 21.8 Å². The molecule has 0 saturated carbocycles. The number of nitrogens with one attached hydrogen (secondary N) is 2. The second kappa shape index (κ2) is 9.22. The number of oxime groups is 1. The number of carbonyl (C=O) groups excluding carboxylic acids is 2. The molecule has 166 valence electrons. The molecule has 1 aromatic rings. The summed E-state index contributed by atoms with van der Waals surface area (Å²) in [4.78, 5) is 55.8. The lowest BCUT2D eigenvalue weighted by Crippen LogP contribution is -2.55. The number of rotatable bonds is 8. The summed E-state index contributed by atoms with van der Waals surface area (Å²) in [5.74, 6) is -3.93. The van der Waals surface area contributed by atoms with Crippen LogP contribution in [0, 0.1) is 0 Å². The van der Waals surface area contributed by atoms with Gasteiger partial charge in [-0.15, -0.1) is 23.1 Å². The molecule has 0 aliphatic carbocycles. The van der Waals surface area contributed by atoms with E-state index in [2.05, 4.69) is 25.6 Å². The summed E-state index contributed by atoms with van der Waals surface area (Å²) < 4.78 is 5.11. The quantitative estimate of drug-likeness (QED) is 0.175. The lowest BCUT2D eigenvalue weighted by atomic mass is 10.1. The third kappa shape index (κ3) is 5.05. The molecule has 3 rings (SSSR count). The molecule has 31 heavy (non-hydrogen) atoms. The SMILES string of the molecule is CC1OC(=O)C2=C1CSC(C(NC(=O)/C(=N/OCC(=O)O)c1csc(N)n1)C(=O)O)N2. The third-order valence-electron chi connectivity index (χ3n) is 4.18. The Kier molecular flexibility index (Phi) is 6.65. The fraction of sp³-hybridized carbons (Fsp3) is 0.375. The van der Waals surface area contributed by atoms with Crippen molar-refractivity contribution < 1.29 is 39.0 Å². The Labute approximate surface area is 182 Å². The fourth-order valence-corrected chi connectivity index (χ4v) is 4.60. The number of carboxylic acid groups (broad SMARTS) is 2. The molecule has 3 heterocycles. The van der Waals surface area contributed by atoms with Crippen LogP contribution in [0.4, 0.5) is 5.13 Å². The van der Waals surface area contributed by atoms with Crippen molar-refractivity contribution in [1.29, 1.82) is 0 Å². The Hall–Kier alpha value is -3.33. The van der Waals surface area contributed by atoms with E-state index in [1.54, 1.807) is 6.92 Å². The van der Waals surface area contributed by atoms with Gasteiger partial charge in [0.25, 0.3) is 5.91 Å². The van der Waals surface area contributed by atoms with Crippen LogP contribution in [0.25, 0.3) is 0 Å². The molecule has 1 aromatic heterocycles. The smallest absolute Gasteiger partial charge is 0.355 e. The van der Waals surface area contributed by atoms with Gasteiger partial charge in [0, 0.05) is 16.7 Å². The van der Waals surface area contributed by atoms with Crippen molar-refractivity contribution in [1.82, 2.24) is 15.6 Å². The molecule has 13 nitrogen and oxygen atoms in total. The molecule has 3 unspecified atom stereocenters. The van der Waals surface area contributed by atoms with Gasteiger partial charge in [0.2, 0.25) is 6.61 Å². The second-order valence-corrected chi connectivity index (χ2v) is 8.31. The van der Waals surface area contributed by atoms with Gasteiger partial charge in [0.05, 0.1) is 0 Å². The molecule has 2 aliphatic rings. The van der Waals surface area contributed by atoms with Crippen LogP contribution in [0.3, 0.4) is 0 Å². The van der Waals surface area contributed by atoms with Crippen LogP contribution in [0.2, 0.25) is 0 Å². The Balaban J connectivity index is 1.79. The van der Waals surface area contributed by atoms with E-state index in [0.29, 0.717) is 11.3 Å². The first kappa shape index (κ1) is 22.4. The van der Waals surface area contributed by atoms with Crippen LogP contribution in [0.5, 0.6) is 0 Å². The molecule has 3 atom stereocenters. The van der Waals surface area contributed by atoms with Crippen LogP contribution < -0.4 is 16.4 Å². The summed E-state index contributed by atoms with van der Waals surface area (Å²) in [6, 6.07) is -1.48. The standard InChI is InChI=1S/C16H17N5O8S2/c1-5-6-3-30-13(20-9(6)15(27)29-5)11(14(25)26)19-12(24)10(21-28-2-8(22)23)7-4-31-16(17)18-7/h4-5,11,13,20H,2-3H2,1H3,(H2,17,18)(H,19,24)(H,22,23)(H,25,26)/b21-10+. The topological polar surface area (TPSA) is 203 Å². The van der Waals surface area contributed by atoms with Gasteiger partial charge in [-0.1, -0.05) is 5.16 Å². The van der Waals surface area contributed by atoms with Crippen molar-refractivity contribution in [3.05, 3.63) is 22.3 Å². The third-order valence-corrected chi connectivity index (χ3v) is 6.08. The molecule has 0 aromatic carbocycles. The monoisotopic (exact) mass is 471 g/mol. The van der Waals surface area contributed by atoms with Gasteiger partial charge in [0.1, 0.15) is 22.9 Å². The molecule has 1 amide bonds. The van der Waals surface area contributed by atoms with Crippen molar-refractivity contribution in [2.75, 3.05) is 18.1 Å². The number of nitrogens with zero attached hydrogens (tertiary/aromatic N) is 2. The van der Waals surface area contributed by atoms with Crippen molar-refractivity contribution in [2.24, 2.45) is 5.16 Å². The number of aliphatic carboxylic acids is 2. The molecule has 0 spiro atoms. The number of hydrogen-bond donors (Lipinski definition) is 5. The van der Waals surface area contributed by atoms with Crippen LogP contribution >= 0.6 is 23.1 Å². The maximum absolute atomic E-state index is 12.8. The fourth-order valence-electron chi connectivity index (χ4n) is 2.74. The molecule has 0 radical (unpaired) electrons. The normalized spacial score (nSPS) is 21.6. The van der Waals surface area contributed by atoms with Crippen molar-refractivity contribution in [3.8, 4) is 0 Å². The van der Waals surface area contributed by atoms with Crippen molar-refractivity contribution in [2.45, 2.75) is 24.4 Å². The first-order valence-corrected chi connectivity index (χ1v) is 10.6. The highest BCUT2D eigenvalue weighted by atomic mass is 32.2. The van der Waals surface area contributed by atoms with Crippen molar-refractivity contribution >= 4 is 57.8 Å². The summed E-state index contributed by atoms with van der Waals surface area (Å²) in [5.41, 5.74) is 5.99. The zero-order valence-corrected chi connectivity index (χ0v) is 17.5. The van der Waals surface area contributed by atoms with E-state index in [0.717, 1.165) is 11.3 Å². The van der Waals surface area contributed by atoms with Gasteiger partial charge in [-0.05, 0) is 6.92 Å². The number of amides is 1. The predicted molar refractivity (Wildman–Crippen MR) is 108 cm³/mol. The Bertz CT molecular complexity index is 990. The first-order chi connectivity index (χ1) is 14.7. The van der Waals surface area contributed by atoms with Crippen LogP contribution in [-0.2, 0) is 28.8 Å². The Morgan fingerprint density at radius 2 is 2.23 bits per heavy atom. The highest BCUT2D eigenvalue weighted by molar-refractivity contribution is 8.00. The largest absolute Gasteiger partial charge is 0.480 e. The number of carboxylic acids is 2. The molecule has 0 bridgehead atoms. The average molecular weight is 471 g/mol. The lowest BCUT2D eigenvalue weighted by Gasteiger charge is -2.29. The van der Waals surface area contributed by atoms with Crippen LogP contribution in [0.1, 0.15) is 12.6 Å². The van der Waals surface area contributed by atoms with Gasteiger partial charge < -0.3 is 36.2 Å². The van der Waals surface area contributed by atoms with E-state index in [4.69, 9.17) is 15.6 Å². The zero-order valence-electron chi connectivity index (χ0n) is 15.9. The second-order valence-electron chi connectivity index (χ2n) is 6.29. The molecule has 2 aliphatic heterocycles. The molecular formula is C16H17N5O8S2. The Morgan fingerprint density at radius 3 is 2.84 bits per heavy atom. The number of carbonyl (C=O) groups is 4. The minimum Gasteiger partial charge on any atom is -0.480 e. The van der Waals surface area contributed by atoms with E-state index in [-0.39, 0.29) is 16.5 Å². The first-order valence-electron chi connectivity index (χ1n) is 8.66. The minimum absolute atomic E-state index is 0.0167. The highest BCUT2D eigenvalue weighted by Crippen LogP contribution is 2.32. The van der Waals surface area contributed by atoms with E-state index in [1.165, 1.54) is 17.1 Å². The summed E-state index contributed by atoms with van der Waals surface area (Å²) >= 11 is 2.18. The maximum atomic E-state index is 12.8. The van der Waals surface area contributed by atoms with Gasteiger partial charge in [-0.2, -0.15) is 0 Å². The van der Waals surface area contributed by atoms with Gasteiger partial charge >= 0.3 is 17.9 Å². The summed E-state index contributed by atoms with van der Waals surface area (Å²) in [6.45, 7) is 0.884. The molecule has 0 saturated heterocycles. The number of thiazole rings is 1. The molecule has 15 heteroatoms. The molecule has 6 N–H and O–H groups in total. The van der Waals surface area contributed by atoms with Gasteiger partial charge in [-0.25, -0.2) is 19.4 Å². The minimum atomic E-state index is -1.48. The predicted octanol–water partition coefficient (Wildman–Crippen LogP) is -1.04. The number of ether oxygens (including phenoxy) is 1. The number of nitrogens with two attached hydrogens (primary N) is 1. The number of hydrogen-bond acceptors (Lipinski definition) is 12. The summed E-state index contributed by atoms with van der Waals surface area (Å²) in [6.07, 6.45) is -0.415. The zero-order chi connectivity index (χ0) is 22.7. The molecule has 0 fully saturated rings. The van der Waals surface area contributed by atoms with E-state index in [9.17, 15) is 24.3 Å². The summed E-state index contributed by atoms with van der Waals surface area (Å²) in [5, 5.41) is 27.6. The number of nitrogen functional groups attached to an aromatic ring is 1.